The number of amidine groups is 1. The summed E-state index contributed by atoms with van der Waals surface area (Å²) in [6, 6.07) is 19.6. The summed E-state index contributed by atoms with van der Waals surface area (Å²) < 4.78 is 4.82. The van der Waals surface area contributed by atoms with Crippen LogP contribution in [0.25, 0.3) is 0 Å². The number of hydrogen-bond acceptors (Lipinski definition) is 5. The molecule has 0 N–H and O–H groups in total. The fraction of sp³-hybridized carbons (Fsp3) is 0.250. The molecule has 5 nitrogen and oxygen atoms in total. The first kappa shape index (κ1) is 18.2. The van der Waals surface area contributed by atoms with Gasteiger partial charge in [0.1, 0.15) is 5.25 Å². The summed E-state index contributed by atoms with van der Waals surface area (Å²) in [4.78, 5) is 30.9. The lowest BCUT2D eigenvalue weighted by atomic mass is 10.2. The highest BCUT2D eigenvalue weighted by Gasteiger charge is 2.36. The van der Waals surface area contributed by atoms with Crippen LogP contribution in [0.1, 0.15) is 17.5 Å². The van der Waals surface area contributed by atoms with Crippen molar-refractivity contribution >= 4 is 28.8 Å². The van der Waals surface area contributed by atoms with E-state index in [1.54, 1.807) is 4.90 Å². The highest BCUT2D eigenvalue weighted by Crippen LogP contribution is 2.29. The van der Waals surface area contributed by atoms with Gasteiger partial charge >= 0.3 is 5.97 Å². The van der Waals surface area contributed by atoms with E-state index in [0.29, 0.717) is 18.3 Å². The molecule has 26 heavy (non-hydrogen) atoms. The second-order valence-corrected chi connectivity index (χ2v) is 7.05. The van der Waals surface area contributed by atoms with Gasteiger partial charge < -0.3 is 4.74 Å². The third kappa shape index (κ3) is 4.52. The van der Waals surface area contributed by atoms with E-state index in [9.17, 15) is 9.59 Å². The molecule has 1 atom stereocenters. The second-order valence-electron chi connectivity index (χ2n) is 5.88. The Hall–Kier alpha value is -2.60. The first-order valence-electron chi connectivity index (χ1n) is 8.34. The van der Waals surface area contributed by atoms with E-state index >= 15 is 0 Å². The molecule has 0 aliphatic carbocycles. The van der Waals surface area contributed by atoms with Crippen molar-refractivity contribution in [3.05, 3.63) is 71.8 Å². The number of methoxy groups -OCH3 is 1. The predicted molar refractivity (Wildman–Crippen MR) is 103 cm³/mol. The van der Waals surface area contributed by atoms with Crippen LogP contribution in [0.4, 0.5) is 0 Å². The minimum Gasteiger partial charge on any atom is -0.468 e. The molecule has 0 saturated carbocycles. The molecule has 0 bridgehead atoms. The minimum absolute atomic E-state index is 0.116. The van der Waals surface area contributed by atoms with E-state index in [1.807, 2.05) is 60.7 Å². The number of esters is 1. The van der Waals surface area contributed by atoms with Crippen LogP contribution in [0.2, 0.25) is 0 Å². The van der Waals surface area contributed by atoms with Gasteiger partial charge in [-0.1, -0.05) is 72.4 Å². The number of carbonyl (C=O) groups excluding carboxylic acids is 2. The summed E-state index contributed by atoms with van der Waals surface area (Å²) in [6.07, 6.45) is 0.120. The van der Waals surface area contributed by atoms with Crippen LogP contribution in [0.3, 0.4) is 0 Å². The maximum Gasteiger partial charge on any atom is 0.319 e. The highest BCUT2D eigenvalue weighted by atomic mass is 32.2. The van der Waals surface area contributed by atoms with E-state index < -0.39 is 11.2 Å². The van der Waals surface area contributed by atoms with Gasteiger partial charge in [0.2, 0.25) is 5.91 Å². The predicted octanol–water partition coefficient (Wildman–Crippen LogP) is 3.25. The fourth-order valence-electron chi connectivity index (χ4n) is 2.66. The van der Waals surface area contributed by atoms with Crippen LogP contribution in [-0.2, 0) is 27.4 Å². The van der Waals surface area contributed by atoms with Crippen LogP contribution in [0, 0.1) is 0 Å². The van der Waals surface area contributed by atoms with Crippen molar-refractivity contribution in [3.8, 4) is 0 Å². The maximum absolute atomic E-state index is 12.7. The van der Waals surface area contributed by atoms with Gasteiger partial charge in [0, 0.05) is 0 Å². The smallest absolute Gasteiger partial charge is 0.319 e. The maximum atomic E-state index is 12.7. The first-order valence-corrected chi connectivity index (χ1v) is 9.22. The monoisotopic (exact) mass is 368 g/mol. The van der Waals surface area contributed by atoms with Crippen LogP contribution in [0.15, 0.2) is 65.7 Å². The molecule has 3 rings (SSSR count). The highest BCUT2D eigenvalue weighted by molar-refractivity contribution is 8.15. The lowest BCUT2D eigenvalue weighted by Gasteiger charge is -2.31. The Morgan fingerprint density at radius 2 is 1.73 bits per heavy atom. The van der Waals surface area contributed by atoms with E-state index in [-0.39, 0.29) is 12.3 Å². The van der Waals surface area contributed by atoms with E-state index in [1.165, 1.54) is 18.9 Å². The van der Waals surface area contributed by atoms with Gasteiger partial charge in [-0.3, -0.25) is 19.5 Å². The summed E-state index contributed by atoms with van der Waals surface area (Å²) in [7, 11) is 1.34. The molecule has 6 heteroatoms. The zero-order valence-electron chi connectivity index (χ0n) is 14.5. The number of nitrogens with zero attached hydrogens (tertiary/aromatic N) is 2. The zero-order chi connectivity index (χ0) is 18.4. The van der Waals surface area contributed by atoms with Crippen LogP contribution in [0.5, 0.6) is 0 Å². The largest absolute Gasteiger partial charge is 0.468 e. The minimum atomic E-state index is -0.547. The third-order valence-electron chi connectivity index (χ3n) is 4.03. The molecule has 1 heterocycles. The molecule has 1 aliphatic rings. The van der Waals surface area contributed by atoms with Crippen LogP contribution in [-0.4, -0.2) is 34.3 Å². The lowest BCUT2D eigenvalue weighted by molar-refractivity contribution is -0.142. The van der Waals surface area contributed by atoms with Gasteiger partial charge in [0.05, 0.1) is 26.6 Å². The standard InChI is InChI=1S/C20H20N2O3S/c1-25-19(24)17-12-18(23)22(14-16-10-6-3-7-11-16)20(26-17)21-13-15-8-4-2-5-9-15/h2-11,17H,12-14H2,1H3. The summed E-state index contributed by atoms with van der Waals surface area (Å²) >= 11 is 1.30. The lowest BCUT2D eigenvalue weighted by Crippen LogP contribution is -2.44. The van der Waals surface area contributed by atoms with Crippen molar-refractivity contribution in [2.45, 2.75) is 24.8 Å². The molecule has 1 saturated heterocycles. The Balaban J connectivity index is 1.84. The second kappa shape index (κ2) is 8.67. The topological polar surface area (TPSA) is 59.0 Å². The average Bonchev–Trinajstić information content (AvgIpc) is 2.69. The van der Waals surface area contributed by atoms with Gasteiger partial charge in [-0.2, -0.15) is 0 Å². The molecule has 1 amide bonds. The quantitative estimate of drug-likeness (QED) is 0.760. The normalized spacial score (nSPS) is 18.8. The van der Waals surface area contributed by atoms with Gasteiger partial charge in [-0.25, -0.2) is 0 Å². The van der Waals surface area contributed by atoms with Gasteiger partial charge in [0.15, 0.2) is 5.17 Å². The number of aliphatic imine (C=N–C) groups is 1. The number of ether oxygens (including phenoxy) is 1. The number of hydrogen-bond donors (Lipinski definition) is 0. The molecule has 134 valence electrons. The first-order chi connectivity index (χ1) is 12.7. The summed E-state index contributed by atoms with van der Waals surface area (Å²) in [5.74, 6) is -0.509. The SMILES string of the molecule is COC(=O)C1CC(=O)N(Cc2ccccc2)C(=NCc2ccccc2)S1. The van der Waals surface area contributed by atoms with E-state index in [0.717, 1.165) is 11.1 Å². The summed E-state index contributed by atoms with van der Waals surface area (Å²) in [6.45, 7) is 0.893. The molecule has 1 aliphatic heterocycles. The molecule has 0 radical (unpaired) electrons. The number of rotatable bonds is 5. The summed E-state index contributed by atoms with van der Waals surface area (Å²) in [5.41, 5.74) is 2.07. The van der Waals surface area contributed by atoms with E-state index in [2.05, 4.69) is 4.99 Å². The van der Waals surface area contributed by atoms with Crippen molar-refractivity contribution in [2.75, 3.05) is 7.11 Å². The van der Waals surface area contributed by atoms with Gasteiger partial charge in [0.25, 0.3) is 0 Å². The third-order valence-corrected chi connectivity index (χ3v) is 5.23. The molecule has 2 aromatic rings. The van der Waals surface area contributed by atoms with E-state index in [4.69, 9.17) is 4.74 Å². The summed E-state index contributed by atoms with van der Waals surface area (Å²) in [5, 5.41) is 0.0124. The van der Waals surface area contributed by atoms with Crippen molar-refractivity contribution in [1.82, 2.24) is 4.90 Å². The van der Waals surface area contributed by atoms with Crippen LogP contribution < -0.4 is 0 Å². The molecular formula is C20H20N2O3S. The van der Waals surface area contributed by atoms with Crippen LogP contribution >= 0.6 is 11.8 Å². The molecule has 0 spiro atoms. The Bertz CT molecular complexity index is 793. The van der Waals surface area contributed by atoms with Crippen molar-refractivity contribution < 1.29 is 14.3 Å². The van der Waals surface area contributed by atoms with Gasteiger partial charge in [-0.15, -0.1) is 0 Å². The van der Waals surface area contributed by atoms with Crippen molar-refractivity contribution in [3.63, 3.8) is 0 Å². The zero-order valence-corrected chi connectivity index (χ0v) is 15.3. The number of amides is 1. The molecule has 1 unspecified atom stereocenters. The number of thioether (sulfide) groups is 1. The van der Waals surface area contributed by atoms with Gasteiger partial charge in [-0.05, 0) is 11.1 Å². The average molecular weight is 368 g/mol. The Kier molecular flexibility index (Phi) is 6.07. The molecule has 1 fully saturated rings. The fourth-order valence-corrected chi connectivity index (χ4v) is 3.76. The molecule has 2 aromatic carbocycles. The Labute approximate surface area is 157 Å². The number of carbonyl (C=O) groups is 2. The molecular weight excluding hydrogens is 348 g/mol. The Morgan fingerprint density at radius 3 is 2.35 bits per heavy atom. The molecule has 0 aromatic heterocycles. The number of benzene rings is 2. The Morgan fingerprint density at radius 1 is 1.12 bits per heavy atom. The van der Waals surface area contributed by atoms with Crippen molar-refractivity contribution in [1.29, 1.82) is 0 Å². The van der Waals surface area contributed by atoms with Crippen molar-refractivity contribution in [2.24, 2.45) is 4.99 Å².